The normalized spacial score (nSPS) is 16.5. The number of carbonyl (C=O) groups excluding carboxylic acids is 1. The molecule has 1 aliphatic heterocycles. The van der Waals surface area contributed by atoms with Gasteiger partial charge in [-0.05, 0) is 25.0 Å². The van der Waals surface area contributed by atoms with Gasteiger partial charge in [-0.15, -0.1) is 5.10 Å². The van der Waals surface area contributed by atoms with Crippen LogP contribution in [0.25, 0.3) is 0 Å². The van der Waals surface area contributed by atoms with E-state index >= 15 is 0 Å². The Morgan fingerprint density at radius 3 is 2.58 bits per heavy atom. The number of benzene rings is 1. The third-order valence-corrected chi connectivity index (χ3v) is 6.21. The van der Waals surface area contributed by atoms with E-state index in [2.05, 4.69) is 15.6 Å². The smallest absolute Gasteiger partial charge is 0.273 e. The van der Waals surface area contributed by atoms with Crippen molar-refractivity contribution in [2.45, 2.75) is 30.3 Å². The largest absolute Gasteiger partial charge is 0.348 e. The van der Waals surface area contributed by atoms with Crippen LogP contribution in [-0.4, -0.2) is 59.3 Å². The molecular formula is C16H22N6O3S. The summed E-state index contributed by atoms with van der Waals surface area (Å²) in [6.45, 7) is 1.64. The Balaban J connectivity index is 1.56. The number of piperidine rings is 1. The van der Waals surface area contributed by atoms with E-state index in [1.165, 1.54) is 8.99 Å². The van der Waals surface area contributed by atoms with Crippen molar-refractivity contribution in [1.29, 1.82) is 0 Å². The summed E-state index contributed by atoms with van der Waals surface area (Å²) in [4.78, 5) is 12.5. The molecule has 1 aliphatic rings. The summed E-state index contributed by atoms with van der Waals surface area (Å²) in [6.07, 6.45) is 2.65. The van der Waals surface area contributed by atoms with Gasteiger partial charge in [0, 0.05) is 25.7 Å². The highest BCUT2D eigenvalue weighted by Crippen LogP contribution is 2.20. The lowest BCUT2D eigenvalue weighted by molar-refractivity contribution is 0.0918. The summed E-state index contributed by atoms with van der Waals surface area (Å²) in [6, 6.07) is 8.28. The van der Waals surface area contributed by atoms with E-state index in [4.69, 9.17) is 5.73 Å². The van der Waals surface area contributed by atoms with E-state index < -0.39 is 10.0 Å². The summed E-state index contributed by atoms with van der Waals surface area (Å²) >= 11 is 0. The van der Waals surface area contributed by atoms with Crippen LogP contribution in [0.5, 0.6) is 0 Å². The van der Waals surface area contributed by atoms with Gasteiger partial charge < -0.3 is 11.1 Å². The lowest BCUT2D eigenvalue weighted by atomic mass is 10.1. The zero-order valence-electron chi connectivity index (χ0n) is 14.3. The van der Waals surface area contributed by atoms with Crippen molar-refractivity contribution in [3.63, 3.8) is 0 Å². The van der Waals surface area contributed by atoms with Gasteiger partial charge in [-0.25, -0.2) is 8.42 Å². The van der Waals surface area contributed by atoms with Crippen molar-refractivity contribution in [3.05, 3.63) is 42.2 Å². The van der Waals surface area contributed by atoms with Crippen LogP contribution in [0.1, 0.15) is 23.3 Å². The highest BCUT2D eigenvalue weighted by Gasteiger charge is 2.30. The van der Waals surface area contributed by atoms with Crippen molar-refractivity contribution in [2.75, 3.05) is 19.6 Å². The van der Waals surface area contributed by atoms with Crippen LogP contribution in [0.4, 0.5) is 0 Å². The fraction of sp³-hybridized carbons (Fsp3) is 0.438. The summed E-state index contributed by atoms with van der Waals surface area (Å²) < 4.78 is 28.2. The second kappa shape index (κ2) is 7.94. The van der Waals surface area contributed by atoms with Gasteiger partial charge in [-0.2, -0.15) is 4.31 Å². The van der Waals surface area contributed by atoms with Crippen LogP contribution >= 0.6 is 0 Å². The minimum atomic E-state index is -3.49. The first kappa shape index (κ1) is 18.5. The van der Waals surface area contributed by atoms with Crippen LogP contribution in [-0.2, 0) is 16.6 Å². The summed E-state index contributed by atoms with van der Waals surface area (Å²) in [5, 5.41) is 10.6. The number of nitrogens with one attached hydrogen (secondary N) is 1. The molecule has 0 aliphatic carbocycles. The topological polar surface area (TPSA) is 123 Å². The molecule has 1 saturated heterocycles. The number of amides is 1. The molecule has 3 N–H and O–H groups in total. The first-order valence-electron chi connectivity index (χ1n) is 8.47. The Kier molecular flexibility index (Phi) is 5.64. The van der Waals surface area contributed by atoms with Gasteiger partial charge >= 0.3 is 0 Å². The minimum Gasteiger partial charge on any atom is -0.348 e. The first-order valence-corrected chi connectivity index (χ1v) is 9.91. The average molecular weight is 378 g/mol. The Morgan fingerprint density at radius 1 is 1.23 bits per heavy atom. The molecule has 1 aromatic heterocycles. The third kappa shape index (κ3) is 4.09. The van der Waals surface area contributed by atoms with Crippen molar-refractivity contribution in [1.82, 2.24) is 24.6 Å². The Bertz CT molecular complexity index is 844. The van der Waals surface area contributed by atoms with Gasteiger partial charge in [0.05, 0.1) is 17.6 Å². The number of sulfonamides is 1. The molecule has 0 spiro atoms. The summed E-state index contributed by atoms with van der Waals surface area (Å²) in [5.41, 5.74) is 5.68. The Morgan fingerprint density at radius 2 is 1.92 bits per heavy atom. The Hall–Kier alpha value is -2.30. The quantitative estimate of drug-likeness (QED) is 0.719. The van der Waals surface area contributed by atoms with Crippen molar-refractivity contribution in [3.8, 4) is 0 Å². The number of aromatic nitrogens is 3. The van der Waals surface area contributed by atoms with E-state index in [-0.39, 0.29) is 17.6 Å². The highest BCUT2D eigenvalue weighted by molar-refractivity contribution is 7.89. The van der Waals surface area contributed by atoms with Gasteiger partial charge in [0.15, 0.2) is 5.69 Å². The number of nitrogens with two attached hydrogens (primary N) is 1. The van der Waals surface area contributed by atoms with Gasteiger partial charge in [0.25, 0.3) is 5.91 Å². The number of nitrogens with zero attached hydrogens (tertiary/aromatic N) is 4. The van der Waals surface area contributed by atoms with E-state index in [0.29, 0.717) is 43.9 Å². The molecule has 0 atom stereocenters. The molecule has 1 aromatic carbocycles. The van der Waals surface area contributed by atoms with Crippen LogP contribution in [0.15, 0.2) is 41.4 Å². The summed E-state index contributed by atoms with van der Waals surface area (Å²) in [7, 11) is -3.49. The van der Waals surface area contributed by atoms with E-state index in [1.807, 2.05) is 0 Å². The lowest BCUT2D eigenvalue weighted by Gasteiger charge is -2.31. The predicted octanol–water partition coefficient (Wildman–Crippen LogP) is -0.180. The SMILES string of the molecule is NCCn1cc(C(=O)NC2CCN(S(=O)(=O)c3ccccc3)CC2)nn1. The molecule has 0 radical (unpaired) electrons. The fourth-order valence-electron chi connectivity index (χ4n) is 2.89. The molecule has 140 valence electrons. The van der Waals surface area contributed by atoms with E-state index in [0.717, 1.165) is 0 Å². The minimum absolute atomic E-state index is 0.0932. The van der Waals surface area contributed by atoms with E-state index in [9.17, 15) is 13.2 Å². The molecule has 0 saturated carbocycles. The molecular weight excluding hydrogens is 356 g/mol. The zero-order chi connectivity index (χ0) is 18.6. The second-order valence-corrected chi connectivity index (χ2v) is 8.06. The third-order valence-electron chi connectivity index (χ3n) is 4.30. The predicted molar refractivity (Wildman–Crippen MR) is 94.8 cm³/mol. The summed E-state index contributed by atoms with van der Waals surface area (Å²) in [5.74, 6) is -0.308. The number of hydrogen-bond acceptors (Lipinski definition) is 6. The average Bonchev–Trinajstić information content (AvgIpc) is 3.12. The van der Waals surface area contributed by atoms with Crippen molar-refractivity contribution >= 4 is 15.9 Å². The molecule has 2 heterocycles. The van der Waals surface area contributed by atoms with Gasteiger partial charge in [-0.1, -0.05) is 23.4 Å². The molecule has 0 unspecified atom stereocenters. The molecule has 9 nitrogen and oxygen atoms in total. The zero-order valence-corrected chi connectivity index (χ0v) is 15.1. The highest BCUT2D eigenvalue weighted by atomic mass is 32.2. The Labute approximate surface area is 152 Å². The molecule has 3 rings (SSSR count). The fourth-order valence-corrected chi connectivity index (χ4v) is 4.38. The van der Waals surface area contributed by atoms with Gasteiger partial charge in [0.2, 0.25) is 10.0 Å². The molecule has 0 bridgehead atoms. The lowest BCUT2D eigenvalue weighted by Crippen LogP contribution is -2.46. The van der Waals surface area contributed by atoms with Gasteiger partial charge in [0.1, 0.15) is 0 Å². The number of hydrogen-bond donors (Lipinski definition) is 2. The molecule has 2 aromatic rings. The molecule has 26 heavy (non-hydrogen) atoms. The van der Waals surface area contributed by atoms with Crippen LogP contribution < -0.4 is 11.1 Å². The van der Waals surface area contributed by atoms with Crippen LogP contribution in [0.3, 0.4) is 0 Å². The number of rotatable bonds is 6. The van der Waals surface area contributed by atoms with Crippen LogP contribution in [0.2, 0.25) is 0 Å². The molecule has 1 fully saturated rings. The van der Waals surface area contributed by atoms with Crippen molar-refractivity contribution in [2.24, 2.45) is 5.73 Å². The number of carbonyl (C=O) groups is 1. The van der Waals surface area contributed by atoms with Crippen molar-refractivity contribution < 1.29 is 13.2 Å². The van der Waals surface area contributed by atoms with Gasteiger partial charge in [-0.3, -0.25) is 9.48 Å². The molecule has 1 amide bonds. The first-order chi connectivity index (χ1) is 12.5. The van der Waals surface area contributed by atoms with E-state index in [1.54, 1.807) is 36.5 Å². The maximum Gasteiger partial charge on any atom is 0.273 e. The monoisotopic (exact) mass is 378 g/mol. The standard InChI is InChI=1S/C16H22N6O3S/c17-8-11-21-12-15(19-20-21)16(23)18-13-6-9-22(10-7-13)26(24,25)14-4-2-1-3-5-14/h1-5,12-13H,6-11,17H2,(H,18,23). The second-order valence-electron chi connectivity index (χ2n) is 6.12. The maximum absolute atomic E-state index is 12.6. The molecule has 10 heteroatoms. The maximum atomic E-state index is 12.6. The van der Waals surface area contributed by atoms with Crippen LogP contribution in [0, 0.1) is 0 Å².